The molecular formula is C18H21N3O2. The molecule has 1 amide bonds. The average Bonchev–Trinajstić information content (AvgIpc) is 2.76. The molecule has 3 heterocycles. The Balaban J connectivity index is 1.80. The number of nitrogens with zero attached hydrogens (tertiary/aromatic N) is 3. The van der Waals surface area contributed by atoms with Crippen LogP contribution >= 0.6 is 0 Å². The second-order valence-electron chi connectivity index (χ2n) is 7.13. The highest BCUT2D eigenvalue weighted by Crippen LogP contribution is 2.39. The minimum absolute atomic E-state index is 0.0919. The van der Waals surface area contributed by atoms with Crippen molar-refractivity contribution in [1.82, 2.24) is 9.88 Å². The maximum atomic E-state index is 12.4. The van der Waals surface area contributed by atoms with Crippen LogP contribution in [-0.4, -0.2) is 33.7 Å². The molecule has 1 fully saturated rings. The quantitative estimate of drug-likeness (QED) is 0.796. The maximum absolute atomic E-state index is 12.4. The van der Waals surface area contributed by atoms with Gasteiger partial charge in [0.25, 0.3) is 0 Å². The van der Waals surface area contributed by atoms with Crippen LogP contribution in [0.25, 0.3) is 5.57 Å². The van der Waals surface area contributed by atoms with Gasteiger partial charge in [-0.25, -0.2) is 9.78 Å². The SMILES string of the molecule is CC(C)(C)OC(=O)N1C2C=C(c3ccc(C#N)nc3)CC1CC2. The topological polar surface area (TPSA) is 66.2 Å². The van der Waals surface area contributed by atoms with Crippen LogP contribution in [0.3, 0.4) is 0 Å². The van der Waals surface area contributed by atoms with E-state index in [0.717, 1.165) is 24.8 Å². The van der Waals surface area contributed by atoms with Gasteiger partial charge < -0.3 is 4.74 Å². The van der Waals surface area contributed by atoms with Gasteiger partial charge in [0.05, 0.1) is 6.04 Å². The number of carbonyl (C=O) groups is 1. The lowest BCUT2D eigenvalue weighted by Gasteiger charge is -2.35. The normalized spacial score (nSPS) is 23.2. The predicted molar refractivity (Wildman–Crippen MR) is 86.4 cm³/mol. The van der Waals surface area contributed by atoms with Crippen LogP contribution in [0.4, 0.5) is 4.79 Å². The largest absolute Gasteiger partial charge is 0.444 e. The van der Waals surface area contributed by atoms with Gasteiger partial charge in [0.2, 0.25) is 0 Å². The summed E-state index contributed by atoms with van der Waals surface area (Å²) < 4.78 is 5.54. The molecule has 0 aliphatic carbocycles. The number of rotatable bonds is 1. The van der Waals surface area contributed by atoms with E-state index in [0.29, 0.717) is 5.69 Å². The first kappa shape index (κ1) is 15.5. The molecule has 0 radical (unpaired) electrons. The summed E-state index contributed by atoms with van der Waals surface area (Å²) in [5, 5.41) is 8.84. The molecule has 0 saturated carbocycles. The fraction of sp³-hybridized carbons (Fsp3) is 0.500. The van der Waals surface area contributed by atoms with Crippen LogP contribution in [0.5, 0.6) is 0 Å². The maximum Gasteiger partial charge on any atom is 0.411 e. The van der Waals surface area contributed by atoms with E-state index in [4.69, 9.17) is 10.00 Å². The fourth-order valence-corrected chi connectivity index (χ4v) is 3.29. The molecule has 5 nitrogen and oxygen atoms in total. The van der Waals surface area contributed by atoms with Gasteiger partial charge in [0.15, 0.2) is 0 Å². The Morgan fingerprint density at radius 1 is 1.39 bits per heavy atom. The number of hydrogen-bond acceptors (Lipinski definition) is 4. The molecule has 1 saturated heterocycles. The fourth-order valence-electron chi connectivity index (χ4n) is 3.29. The van der Waals surface area contributed by atoms with Gasteiger partial charge in [-0.15, -0.1) is 0 Å². The number of carbonyl (C=O) groups excluding carboxylic acids is 1. The van der Waals surface area contributed by atoms with E-state index in [-0.39, 0.29) is 18.2 Å². The summed E-state index contributed by atoms with van der Waals surface area (Å²) in [6.07, 6.45) is 6.44. The van der Waals surface area contributed by atoms with Crippen LogP contribution < -0.4 is 0 Å². The number of fused-ring (bicyclic) bond motifs is 2. The molecule has 3 rings (SSSR count). The third-order valence-corrected chi connectivity index (χ3v) is 4.25. The summed E-state index contributed by atoms with van der Waals surface area (Å²) in [5.74, 6) is 0. The molecule has 23 heavy (non-hydrogen) atoms. The Hall–Kier alpha value is -2.35. The first-order valence-electron chi connectivity index (χ1n) is 7.96. The minimum atomic E-state index is -0.475. The molecule has 2 atom stereocenters. The highest BCUT2D eigenvalue weighted by molar-refractivity contribution is 5.75. The molecule has 0 spiro atoms. The van der Waals surface area contributed by atoms with E-state index >= 15 is 0 Å². The standard InChI is InChI=1S/C18H21N3O2/c1-18(2,3)23-17(22)21-15-6-7-16(21)9-13(8-15)12-4-5-14(10-19)20-11-12/h4-5,8,11,15-16H,6-7,9H2,1-3H3. The first-order valence-corrected chi connectivity index (χ1v) is 7.96. The van der Waals surface area contributed by atoms with Crippen LogP contribution in [0.2, 0.25) is 0 Å². The molecule has 2 bridgehead atoms. The van der Waals surface area contributed by atoms with Crippen LogP contribution in [0.15, 0.2) is 24.4 Å². The molecule has 5 heteroatoms. The molecule has 1 aromatic rings. The third-order valence-electron chi connectivity index (χ3n) is 4.25. The van der Waals surface area contributed by atoms with Crippen molar-refractivity contribution in [1.29, 1.82) is 5.26 Å². The Labute approximate surface area is 136 Å². The lowest BCUT2D eigenvalue weighted by atomic mass is 9.96. The van der Waals surface area contributed by atoms with Gasteiger partial charge in [0.1, 0.15) is 17.4 Å². The zero-order chi connectivity index (χ0) is 16.6. The number of ether oxygens (including phenoxy) is 1. The Bertz CT molecular complexity index is 680. The van der Waals surface area contributed by atoms with Crippen LogP contribution in [0.1, 0.15) is 51.3 Å². The van der Waals surface area contributed by atoms with E-state index < -0.39 is 5.60 Å². The van der Waals surface area contributed by atoms with Gasteiger partial charge in [-0.2, -0.15) is 5.26 Å². The lowest BCUT2D eigenvalue weighted by Crippen LogP contribution is -2.45. The van der Waals surface area contributed by atoms with Gasteiger partial charge in [0, 0.05) is 12.2 Å². The number of hydrogen-bond donors (Lipinski definition) is 0. The number of pyridine rings is 1. The summed E-state index contributed by atoms with van der Waals surface area (Å²) in [6, 6.07) is 5.97. The monoisotopic (exact) mass is 311 g/mol. The van der Waals surface area contributed by atoms with Crippen molar-refractivity contribution in [3.8, 4) is 6.07 Å². The minimum Gasteiger partial charge on any atom is -0.444 e. The summed E-state index contributed by atoms with van der Waals surface area (Å²) in [5.41, 5.74) is 2.18. The predicted octanol–water partition coefficient (Wildman–Crippen LogP) is 3.51. The highest BCUT2D eigenvalue weighted by atomic mass is 16.6. The zero-order valence-electron chi connectivity index (χ0n) is 13.7. The summed E-state index contributed by atoms with van der Waals surface area (Å²) in [7, 11) is 0. The van der Waals surface area contributed by atoms with Crippen LogP contribution in [0, 0.1) is 11.3 Å². The van der Waals surface area contributed by atoms with Gasteiger partial charge in [-0.1, -0.05) is 12.1 Å². The third kappa shape index (κ3) is 3.21. The number of amides is 1. The Morgan fingerprint density at radius 3 is 2.74 bits per heavy atom. The number of aromatic nitrogens is 1. The van der Waals surface area contributed by atoms with Gasteiger partial charge >= 0.3 is 6.09 Å². The van der Waals surface area contributed by atoms with E-state index in [1.165, 1.54) is 5.57 Å². The van der Waals surface area contributed by atoms with Crippen molar-refractivity contribution < 1.29 is 9.53 Å². The lowest BCUT2D eigenvalue weighted by molar-refractivity contribution is 0.0175. The number of nitriles is 1. The summed E-state index contributed by atoms with van der Waals surface area (Å²) in [4.78, 5) is 18.4. The van der Waals surface area contributed by atoms with Crippen LogP contribution in [-0.2, 0) is 4.74 Å². The van der Waals surface area contributed by atoms with Gasteiger partial charge in [-0.3, -0.25) is 4.90 Å². The van der Waals surface area contributed by atoms with Crippen molar-refractivity contribution in [2.45, 2.75) is 57.7 Å². The molecule has 120 valence electrons. The molecule has 0 N–H and O–H groups in total. The molecular weight excluding hydrogens is 290 g/mol. The van der Waals surface area contributed by atoms with Crippen molar-refractivity contribution >= 4 is 11.7 Å². The molecule has 2 aliphatic rings. The molecule has 1 aromatic heterocycles. The van der Waals surface area contributed by atoms with E-state index in [2.05, 4.69) is 11.1 Å². The summed E-state index contributed by atoms with van der Waals surface area (Å²) >= 11 is 0. The second kappa shape index (κ2) is 5.69. The van der Waals surface area contributed by atoms with E-state index in [1.807, 2.05) is 37.8 Å². The van der Waals surface area contributed by atoms with Crippen molar-refractivity contribution in [2.75, 3.05) is 0 Å². The average molecular weight is 311 g/mol. The smallest absolute Gasteiger partial charge is 0.411 e. The summed E-state index contributed by atoms with van der Waals surface area (Å²) in [6.45, 7) is 5.67. The van der Waals surface area contributed by atoms with E-state index in [9.17, 15) is 4.79 Å². The molecule has 2 aliphatic heterocycles. The highest BCUT2D eigenvalue weighted by Gasteiger charge is 2.41. The van der Waals surface area contributed by atoms with Gasteiger partial charge in [-0.05, 0) is 57.2 Å². The molecule has 0 aromatic carbocycles. The van der Waals surface area contributed by atoms with E-state index in [1.54, 1.807) is 12.3 Å². The van der Waals surface area contributed by atoms with Crippen molar-refractivity contribution in [2.24, 2.45) is 0 Å². The Morgan fingerprint density at radius 2 is 2.17 bits per heavy atom. The second-order valence-corrected chi connectivity index (χ2v) is 7.13. The molecule has 2 unspecified atom stereocenters. The first-order chi connectivity index (χ1) is 10.9. The van der Waals surface area contributed by atoms with Crippen molar-refractivity contribution in [3.05, 3.63) is 35.7 Å². The van der Waals surface area contributed by atoms with Crippen molar-refractivity contribution in [3.63, 3.8) is 0 Å². The zero-order valence-corrected chi connectivity index (χ0v) is 13.7. The Kier molecular flexibility index (Phi) is 3.85.